The largest absolute Gasteiger partial charge is 0.573 e. The molecular formula is C34H34F3N3O4S. The van der Waals surface area contributed by atoms with Gasteiger partial charge in [-0.1, -0.05) is 54.6 Å². The Balaban J connectivity index is 1.25. The van der Waals surface area contributed by atoms with Gasteiger partial charge in [0, 0.05) is 35.6 Å². The average Bonchev–Trinajstić information content (AvgIpc) is 3.73. The Morgan fingerprint density at radius 2 is 1.71 bits per heavy atom. The Hall–Kier alpha value is -4.19. The van der Waals surface area contributed by atoms with Crippen LogP contribution in [0.4, 0.5) is 13.2 Å². The van der Waals surface area contributed by atoms with Crippen molar-refractivity contribution in [2.75, 3.05) is 13.1 Å². The number of alkyl halides is 3. The molecule has 0 bridgehead atoms. The van der Waals surface area contributed by atoms with Gasteiger partial charge >= 0.3 is 6.36 Å². The quantitative estimate of drug-likeness (QED) is 0.174. The lowest BCUT2D eigenvalue weighted by Crippen LogP contribution is -2.48. The third kappa shape index (κ3) is 8.93. The van der Waals surface area contributed by atoms with Gasteiger partial charge in [-0.15, -0.1) is 24.5 Å². The van der Waals surface area contributed by atoms with Crippen molar-refractivity contribution in [3.8, 4) is 5.75 Å². The molecule has 1 fully saturated rings. The van der Waals surface area contributed by atoms with Crippen molar-refractivity contribution in [3.63, 3.8) is 0 Å². The van der Waals surface area contributed by atoms with Gasteiger partial charge in [0.2, 0.25) is 0 Å². The second-order valence-electron chi connectivity index (χ2n) is 10.9. The zero-order chi connectivity index (χ0) is 31.8. The summed E-state index contributed by atoms with van der Waals surface area (Å²) in [7, 11) is 0. The molecule has 0 radical (unpaired) electrons. The van der Waals surface area contributed by atoms with Gasteiger partial charge in [-0.25, -0.2) is 0 Å². The number of thiophene rings is 1. The van der Waals surface area contributed by atoms with E-state index < -0.39 is 24.4 Å². The molecule has 4 aromatic rings. The second kappa shape index (κ2) is 14.7. The summed E-state index contributed by atoms with van der Waals surface area (Å²) in [5.41, 5.74) is 2.15. The number of likely N-dealkylation sites (tertiary alicyclic amines) is 1. The van der Waals surface area contributed by atoms with Crippen LogP contribution in [0.25, 0.3) is 0 Å². The van der Waals surface area contributed by atoms with Crippen molar-refractivity contribution >= 4 is 23.2 Å². The first kappa shape index (κ1) is 32.2. The number of carbonyl (C=O) groups is 2. The lowest BCUT2D eigenvalue weighted by Gasteiger charge is -2.26. The molecule has 0 aliphatic carbocycles. The molecule has 1 saturated heterocycles. The number of benzene rings is 3. The van der Waals surface area contributed by atoms with Crippen LogP contribution in [0, 0.1) is 0 Å². The van der Waals surface area contributed by atoms with Crippen molar-refractivity contribution in [2.24, 2.45) is 0 Å². The summed E-state index contributed by atoms with van der Waals surface area (Å²) in [5, 5.41) is 19.1. The van der Waals surface area contributed by atoms with Gasteiger partial charge in [0.1, 0.15) is 5.75 Å². The van der Waals surface area contributed by atoms with Crippen molar-refractivity contribution in [3.05, 3.63) is 124 Å². The SMILES string of the molecule is O=C(NC(Cc1ccccc1)C(O)CNCc1cccc(OC(F)(F)F)c1)c1cccc(C(=O)N2CCCC2c2cccs2)c1. The number of carbonyl (C=O) groups excluding carboxylic acids is 2. The van der Waals surface area contributed by atoms with Crippen molar-refractivity contribution in [1.82, 2.24) is 15.5 Å². The minimum absolute atomic E-state index is 0.0209. The number of aliphatic hydroxyl groups excluding tert-OH is 1. The summed E-state index contributed by atoms with van der Waals surface area (Å²) in [6.45, 7) is 0.876. The summed E-state index contributed by atoms with van der Waals surface area (Å²) in [4.78, 5) is 30.0. The molecule has 0 saturated carbocycles. The average molecular weight is 638 g/mol. The summed E-state index contributed by atoms with van der Waals surface area (Å²) >= 11 is 1.63. The van der Waals surface area contributed by atoms with E-state index in [1.54, 1.807) is 41.7 Å². The van der Waals surface area contributed by atoms with Crippen LogP contribution in [-0.2, 0) is 13.0 Å². The first-order valence-electron chi connectivity index (χ1n) is 14.7. The van der Waals surface area contributed by atoms with E-state index in [4.69, 9.17) is 0 Å². The molecule has 1 aromatic heterocycles. The van der Waals surface area contributed by atoms with E-state index >= 15 is 0 Å². The molecule has 3 aromatic carbocycles. The summed E-state index contributed by atoms with van der Waals surface area (Å²) in [6.07, 6.45) is -3.69. The number of halogens is 3. The van der Waals surface area contributed by atoms with Crippen molar-refractivity contribution in [2.45, 2.75) is 50.4 Å². The molecule has 0 spiro atoms. The van der Waals surface area contributed by atoms with Gasteiger partial charge in [0.15, 0.2) is 0 Å². The topological polar surface area (TPSA) is 90.9 Å². The molecule has 7 nitrogen and oxygen atoms in total. The van der Waals surface area contributed by atoms with Gasteiger partial charge in [-0.3, -0.25) is 9.59 Å². The minimum atomic E-state index is -4.79. The lowest BCUT2D eigenvalue weighted by molar-refractivity contribution is -0.274. The van der Waals surface area contributed by atoms with Crippen LogP contribution in [0.3, 0.4) is 0 Å². The third-order valence-electron chi connectivity index (χ3n) is 7.65. The van der Waals surface area contributed by atoms with E-state index in [0.717, 1.165) is 23.3 Å². The van der Waals surface area contributed by atoms with E-state index in [1.165, 1.54) is 18.2 Å². The zero-order valence-corrected chi connectivity index (χ0v) is 25.2. The maximum atomic E-state index is 13.5. The highest BCUT2D eigenvalue weighted by Crippen LogP contribution is 2.35. The van der Waals surface area contributed by atoms with E-state index in [-0.39, 0.29) is 30.8 Å². The fraction of sp³-hybridized carbons (Fsp3) is 0.294. The predicted molar refractivity (Wildman–Crippen MR) is 166 cm³/mol. The number of aliphatic hydroxyl groups is 1. The minimum Gasteiger partial charge on any atom is -0.406 e. The van der Waals surface area contributed by atoms with E-state index in [1.807, 2.05) is 52.7 Å². The number of ether oxygens (including phenoxy) is 1. The first-order valence-corrected chi connectivity index (χ1v) is 15.6. The van der Waals surface area contributed by atoms with Crippen molar-refractivity contribution < 1.29 is 32.6 Å². The zero-order valence-electron chi connectivity index (χ0n) is 24.4. The molecule has 45 heavy (non-hydrogen) atoms. The predicted octanol–water partition coefficient (Wildman–Crippen LogP) is 6.12. The molecule has 1 aliphatic rings. The molecule has 1 aliphatic heterocycles. The number of nitrogens with one attached hydrogen (secondary N) is 2. The number of hydrogen-bond donors (Lipinski definition) is 3. The smallest absolute Gasteiger partial charge is 0.406 e. The molecule has 2 amide bonds. The molecule has 2 heterocycles. The summed E-state index contributed by atoms with van der Waals surface area (Å²) < 4.78 is 41.8. The molecule has 5 rings (SSSR count). The number of amides is 2. The summed E-state index contributed by atoms with van der Waals surface area (Å²) in [6, 6.07) is 24.9. The Bertz CT molecular complexity index is 1570. The van der Waals surface area contributed by atoms with Crippen LogP contribution in [0.1, 0.15) is 55.6 Å². The Morgan fingerprint density at radius 3 is 2.47 bits per heavy atom. The molecule has 11 heteroatoms. The highest BCUT2D eigenvalue weighted by molar-refractivity contribution is 7.10. The van der Waals surface area contributed by atoms with Gasteiger partial charge in [-0.2, -0.15) is 0 Å². The Labute approximate surface area is 263 Å². The summed E-state index contributed by atoms with van der Waals surface area (Å²) in [5.74, 6) is -0.891. The molecule has 3 unspecified atom stereocenters. The molecule has 236 valence electrons. The van der Waals surface area contributed by atoms with Crippen LogP contribution in [0.5, 0.6) is 5.75 Å². The van der Waals surface area contributed by atoms with Crippen LogP contribution >= 0.6 is 11.3 Å². The lowest BCUT2D eigenvalue weighted by atomic mass is 10.00. The van der Waals surface area contributed by atoms with Gasteiger partial charge in [0.05, 0.1) is 18.2 Å². The monoisotopic (exact) mass is 637 g/mol. The normalized spacial score (nSPS) is 16.3. The molecule has 3 atom stereocenters. The molecular weight excluding hydrogens is 603 g/mol. The second-order valence-corrected chi connectivity index (χ2v) is 11.9. The standard InChI is InChI=1S/C34H34F3N3O4S/c35-34(36,37)44-27-13-4-10-24(18-27)21-38-22-30(41)28(19-23-8-2-1-3-9-23)39-32(42)25-11-5-12-26(20-25)33(43)40-16-6-14-29(40)31-15-7-17-45-31/h1-5,7-13,15,17-18,20,28-30,38,41H,6,14,16,19,21-22H2,(H,39,42). The van der Waals surface area contributed by atoms with Gasteiger partial charge < -0.3 is 25.4 Å². The fourth-order valence-corrected chi connectivity index (χ4v) is 6.38. The van der Waals surface area contributed by atoms with Crippen LogP contribution in [0.2, 0.25) is 0 Å². The third-order valence-corrected chi connectivity index (χ3v) is 8.62. The van der Waals surface area contributed by atoms with Crippen LogP contribution in [-0.4, -0.2) is 53.4 Å². The number of rotatable bonds is 12. The maximum absolute atomic E-state index is 13.5. The highest BCUT2D eigenvalue weighted by Gasteiger charge is 2.32. The van der Waals surface area contributed by atoms with E-state index in [9.17, 15) is 27.9 Å². The van der Waals surface area contributed by atoms with E-state index in [2.05, 4.69) is 15.4 Å². The Kier molecular flexibility index (Phi) is 10.5. The first-order chi connectivity index (χ1) is 21.7. The van der Waals surface area contributed by atoms with Gasteiger partial charge in [0.25, 0.3) is 11.8 Å². The number of nitrogens with zero attached hydrogens (tertiary/aromatic N) is 1. The van der Waals surface area contributed by atoms with Gasteiger partial charge in [-0.05, 0) is 72.2 Å². The van der Waals surface area contributed by atoms with Crippen molar-refractivity contribution in [1.29, 1.82) is 0 Å². The Morgan fingerprint density at radius 1 is 0.956 bits per heavy atom. The molecule has 3 N–H and O–H groups in total. The fourth-order valence-electron chi connectivity index (χ4n) is 5.51. The van der Waals surface area contributed by atoms with Crippen LogP contribution in [0.15, 0.2) is 96.4 Å². The highest BCUT2D eigenvalue weighted by atomic mass is 32.1. The maximum Gasteiger partial charge on any atom is 0.573 e. The van der Waals surface area contributed by atoms with Crippen LogP contribution < -0.4 is 15.4 Å². The van der Waals surface area contributed by atoms with E-state index in [0.29, 0.717) is 29.7 Å². The number of hydrogen-bond acceptors (Lipinski definition) is 6.